The van der Waals surface area contributed by atoms with Crippen LogP contribution in [0.4, 0.5) is 5.69 Å². The molecule has 30 heavy (non-hydrogen) atoms. The van der Waals surface area contributed by atoms with Gasteiger partial charge >= 0.3 is 11.9 Å². The van der Waals surface area contributed by atoms with E-state index >= 15 is 0 Å². The minimum absolute atomic E-state index is 0.0122. The number of aryl methyl sites for hydroxylation is 2. The molecule has 0 aliphatic heterocycles. The summed E-state index contributed by atoms with van der Waals surface area (Å²) in [6, 6.07) is 18.5. The Hall–Kier alpha value is -3.93. The standard InChI is InChI=1S/C24H21NO5/c1-15-8-4-6-10-18(15)22(26)25-21-13-12-17(29-3)14-20(21)24(28)30-23(27)19-11-7-5-9-16(19)2/h4-14H,1-3H3,(H,25,26). The third-order valence-corrected chi connectivity index (χ3v) is 4.63. The van der Waals surface area contributed by atoms with Gasteiger partial charge in [0.1, 0.15) is 5.75 Å². The highest BCUT2D eigenvalue weighted by Crippen LogP contribution is 2.24. The first-order chi connectivity index (χ1) is 14.4. The van der Waals surface area contributed by atoms with E-state index in [9.17, 15) is 14.4 Å². The maximum atomic E-state index is 12.8. The van der Waals surface area contributed by atoms with Gasteiger partial charge in [0.25, 0.3) is 5.91 Å². The number of rotatable bonds is 5. The van der Waals surface area contributed by atoms with Crippen LogP contribution in [0.5, 0.6) is 5.75 Å². The molecule has 0 saturated heterocycles. The Morgan fingerprint density at radius 3 is 1.90 bits per heavy atom. The van der Waals surface area contributed by atoms with E-state index in [1.807, 2.05) is 19.1 Å². The summed E-state index contributed by atoms with van der Waals surface area (Å²) in [5, 5.41) is 2.72. The smallest absolute Gasteiger partial charge is 0.348 e. The molecule has 152 valence electrons. The molecule has 3 rings (SSSR count). The van der Waals surface area contributed by atoms with Gasteiger partial charge in [-0.25, -0.2) is 9.59 Å². The highest BCUT2D eigenvalue weighted by Gasteiger charge is 2.21. The van der Waals surface area contributed by atoms with Crippen LogP contribution in [0.25, 0.3) is 0 Å². The summed E-state index contributed by atoms with van der Waals surface area (Å²) < 4.78 is 10.2. The molecule has 0 bridgehead atoms. The molecular weight excluding hydrogens is 382 g/mol. The van der Waals surface area contributed by atoms with E-state index in [2.05, 4.69) is 5.32 Å². The Balaban J connectivity index is 1.89. The second kappa shape index (κ2) is 9.05. The molecule has 6 heteroatoms. The molecule has 0 spiro atoms. The van der Waals surface area contributed by atoms with Gasteiger partial charge in [0.15, 0.2) is 0 Å². The molecule has 0 saturated carbocycles. The van der Waals surface area contributed by atoms with Gasteiger partial charge in [-0.2, -0.15) is 0 Å². The Labute approximate surface area is 174 Å². The molecule has 0 aliphatic carbocycles. The Morgan fingerprint density at radius 1 is 0.733 bits per heavy atom. The zero-order valence-corrected chi connectivity index (χ0v) is 16.9. The second-order valence-electron chi connectivity index (χ2n) is 6.67. The lowest BCUT2D eigenvalue weighted by atomic mass is 10.1. The Morgan fingerprint density at radius 2 is 1.30 bits per heavy atom. The quantitative estimate of drug-likeness (QED) is 0.499. The number of nitrogens with one attached hydrogen (secondary N) is 1. The second-order valence-corrected chi connectivity index (χ2v) is 6.67. The lowest BCUT2D eigenvalue weighted by Gasteiger charge is -2.13. The van der Waals surface area contributed by atoms with Gasteiger partial charge in [-0.3, -0.25) is 4.79 Å². The summed E-state index contributed by atoms with van der Waals surface area (Å²) in [7, 11) is 1.45. The molecule has 3 aromatic rings. The molecule has 0 radical (unpaired) electrons. The van der Waals surface area contributed by atoms with E-state index in [0.29, 0.717) is 22.4 Å². The number of benzene rings is 3. The van der Waals surface area contributed by atoms with Crippen molar-refractivity contribution >= 4 is 23.5 Å². The molecule has 0 unspecified atom stereocenters. The number of carbonyl (C=O) groups is 3. The van der Waals surface area contributed by atoms with Crippen LogP contribution in [0.3, 0.4) is 0 Å². The summed E-state index contributed by atoms with van der Waals surface area (Å²) in [5.74, 6) is -1.64. The van der Waals surface area contributed by atoms with Crippen molar-refractivity contribution < 1.29 is 23.9 Å². The number of carbonyl (C=O) groups excluding carboxylic acids is 3. The molecule has 1 amide bonds. The molecule has 3 aromatic carbocycles. The van der Waals surface area contributed by atoms with Crippen LogP contribution in [0.15, 0.2) is 66.7 Å². The summed E-state index contributed by atoms with van der Waals surface area (Å²) >= 11 is 0. The van der Waals surface area contributed by atoms with E-state index in [0.717, 1.165) is 5.56 Å². The van der Waals surface area contributed by atoms with Gasteiger partial charge in [-0.15, -0.1) is 0 Å². The number of ether oxygens (including phenoxy) is 2. The van der Waals surface area contributed by atoms with Crippen molar-refractivity contribution in [3.63, 3.8) is 0 Å². The van der Waals surface area contributed by atoms with Crippen LogP contribution in [-0.2, 0) is 4.74 Å². The highest BCUT2D eigenvalue weighted by molar-refractivity contribution is 6.11. The van der Waals surface area contributed by atoms with Gasteiger partial charge in [0, 0.05) is 5.56 Å². The first-order valence-electron chi connectivity index (χ1n) is 9.28. The summed E-state index contributed by atoms with van der Waals surface area (Å²) in [6.45, 7) is 3.57. The number of hydrogen-bond acceptors (Lipinski definition) is 5. The predicted octanol–water partition coefficient (Wildman–Crippen LogP) is 4.56. The number of hydrogen-bond donors (Lipinski definition) is 1. The van der Waals surface area contributed by atoms with Crippen molar-refractivity contribution in [2.75, 3.05) is 12.4 Å². The number of esters is 2. The van der Waals surface area contributed by atoms with E-state index in [1.165, 1.54) is 19.2 Å². The number of methoxy groups -OCH3 is 1. The number of anilines is 1. The summed E-state index contributed by atoms with van der Waals surface area (Å²) in [5.41, 5.74) is 2.48. The van der Waals surface area contributed by atoms with Crippen molar-refractivity contribution in [1.82, 2.24) is 0 Å². The van der Waals surface area contributed by atoms with Gasteiger partial charge in [0.05, 0.1) is 23.9 Å². The first-order valence-corrected chi connectivity index (χ1v) is 9.28. The summed E-state index contributed by atoms with van der Waals surface area (Å²) in [6.07, 6.45) is 0. The largest absolute Gasteiger partial charge is 0.497 e. The zero-order valence-electron chi connectivity index (χ0n) is 16.9. The average molecular weight is 403 g/mol. The molecule has 1 N–H and O–H groups in total. The number of amides is 1. The van der Waals surface area contributed by atoms with E-state index in [1.54, 1.807) is 49.4 Å². The Bertz CT molecular complexity index is 1120. The third-order valence-electron chi connectivity index (χ3n) is 4.63. The molecular formula is C24H21NO5. The van der Waals surface area contributed by atoms with Crippen LogP contribution in [0, 0.1) is 13.8 Å². The molecule has 0 fully saturated rings. The van der Waals surface area contributed by atoms with Gasteiger partial charge in [-0.05, 0) is 55.3 Å². The fraction of sp³-hybridized carbons (Fsp3) is 0.125. The Kier molecular flexibility index (Phi) is 6.27. The maximum absolute atomic E-state index is 12.8. The monoisotopic (exact) mass is 403 g/mol. The van der Waals surface area contributed by atoms with Gasteiger partial charge < -0.3 is 14.8 Å². The minimum Gasteiger partial charge on any atom is -0.497 e. The normalized spacial score (nSPS) is 10.2. The van der Waals surface area contributed by atoms with Crippen molar-refractivity contribution in [2.24, 2.45) is 0 Å². The minimum atomic E-state index is -0.887. The van der Waals surface area contributed by atoms with Crippen molar-refractivity contribution in [3.8, 4) is 5.75 Å². The van der Waals surface area contributed by atoms with Crippen molar-refractivity contribution in [2.45, 2.75) is 13.8 Å². The topological polar surface area (TPSA) is 81.7 Å². The predicted molar refractivity (Wildman–Crippen MR) is 113 cm³/mol. The van der Waals surface area contributed by atoms with Crippen LogP contribution in [0.1, 0.15) is 42.2 Å². The fourth-order valence-corrected chi connectivity index (χ4v) is 2.94. The van der Waals surface area contributed by atoms with Crippen LogP contribution >= 0.6 is 0 Å². The molecule has 6 nitrogen and oxygen atoms in total. The lowest BCUT2D eigenvalue weighted by Crippen LogP contribution is -2.19. The van der Waals surface area contributed by atoms with E-state index in [4.69, 9.17) is 9.47 Å². The maximum Gasteiger partial charge on any atom is 0.348 e. The molecule has 0 aromatic heterocycles. The van der Waals surface area contributed by atoms with Crippen LogP contribution < -0.4 is 10.1 Å². The summed E-state index contributed by atoms with van der Waals surface area (Å²) in [4.78, 5) is 37.9. The van der Waals surface area contributed by atoms with Crippen molar-refractivity contribution in [1.29, 1.82) is 0 Å². The van der Waals surface area contributed by atoms with Crippen molar-refractivity contribution in [3.05, 3.63) is 94.5 Å². The molecule has 0 aliphatic rings. The third kappa shape index (κ3) is 4.55. The van der Waals surface area contributed by atoms with E-state index < -0.39 is 11.9 Å². The first kappa shape index (κ1) is 20.8. The highest BCUT2D eigenvalue weighted by atomic mass is 16.6. The SMILES string of the molecule is COc1ccc(NC(=O)c2ccccc2C)c(C(=O)OC(=O)c2ccccc2C)c1. The lowest BCUT2D eigenvalue weighted by molar-refractivity contribution is 0.0398. The average Bonchev–Trinajstić information content (AvgIpc) is 2.74. The molecule has 0 heterocycles. The van der Waals surface area contributed by atoms with E-state index in [-0.39, 0.29) is 17.2 Å². The fourth-order valence-electron chi connectivity index (χ4n) is 2.94. The van der Waals surface area contributed by atoms with Crippen LogP contribution in [-0.4, -0.2) is 25.0 Å². The zero-order chi connectivity index (χ0) is 21.7. The van der Waals surface area contributed by atoms with Crippen LogP contribution in [0.2, 0.25) is 0 Å². The molecule has 0 atom stereocenters. The van der Waals surface area contributed by atoms with Gasteiger partial charge in [-0.1, -0.05) is 36.4 Å². The van der Waals surface area contributed by atoms with Gasteiger partial charge in [0.2, 0.25) is 0 Å².